The summed E-state index contributed by atoms with van der Waals surface area (Å²) in [4.78, 5) is 20.0. The lowest BCUT2D eigenvalue weighted by atomic mass is 9.94. The Hall–Kier alpha value is -1.88. The number of thiazole rings is 1. The van der Waals surface area contributed by atoms with Crippen molar-refractivity contribution in [2.24, 2.45) is 0 Å². The maximum absolute atomic E-state index is 12.6. The van der Waals surface area contributed by atoms with E-state index >= 15 is 0 Å². The van der Waals surface area contributed by atoms with E-state index < -0.39 is 0 Å². The monoisotopic (exact) mass is 316 g/mol. The first-order valence-corrected chi connectivity index (χ1v) is 8.26. The van der Waals surface area contributed by atoms with E-state index in [4.69, 9.17) is 4.74 Å². The van der Waals surface area contributed by atoms with Gasteiger partial charge in [-0.1, -0.05) is 12.1 Å². The van der Waals surface area contributed by atoms with E-state index in [1.54, 1.807) is 18.4 Å². The molecule has 1 saturated heterocycles. The van der Waals surface area contributed by atoms with Crippen molar-refractivity contribution in [2.45, 2.75) is 32.7 Å². The quantitative estimate of drug-likeness (QED) is 0.869. The van der Waals surface area contributed by atoms with E-state index in [2.05, 4.69) is 11.1 Å². The summed E-state index contributed by atoms with van der Waals surface area (Å²) in [6.45, 7) is 4.79. The van der Waals surface area contributed by atoms with Crippen LogP contribution in [0, 0.1) is 13.8 Å². The Morgan fingerprint density at radius 1 is 1.45 bits per heavy atom. The first kappa shape index (κ1) is 15.0. The van der Waals surface area contributed by atoms with Gasteiger partial charge < -0.3 is 9.64 Å². The molecule has 3 rings (SSSR count). The van der Waals surface area contributed by atoms with Crippen LogP contribution in [0.4, 0.5) is 0 Å². The fraction of sp³-hybridized carbons (Fsp3) is 0.412. The number of aromatic nitrogens is 1. The SMILES string of the molecule is COc1cccc([C@@H]2CCN2C(=O)Cc2sc(C)nc2C)c1. The summed E-state index contributed by atoms with van der Waals surface area (Å²) in [7, 11) is 1.66. The van der Waals surface area contributed by atoms with E-state index in [0.717, 1.165) is 39.9 Å². The standard InChI is InChI=1S/C17H20N2O2S/c1-11-16(22-12(2)18-11)10-17(20)19-8-7-15(19)13-5-4-6-14(9-13)21-3/h4-6,9,15H,7-8,10H2,1-3H3/t15-/m0/s1. The Kier molecular flexibility index (Phi) is 4.16. The predicted octanol–water partition coefficient (Wildman–Crippen LogP) is 3.28. The van der Waals surface area contributed by atoms with E-state index in [1.807, 2.05) is 36.9 Å². The molecule has 0 N–H and O–H groups in total. The zero-order valence-electron chi connectivity index (χ0n) is 13.1. The van der Waals surface area contributed by atoms with Gasteiger partial charge in [0, 0.05) is 11.4 Å². The summed E-state index contributed by atoms with van der Waals surface area (Å²) in [5.41, 5.74) is 2.13. The molecule has 0 saturated carbocycles. The van der Waals surface area contributed by atoms with Crippen LogP contribution in [0.25, 0.3) is 0 Å². The van der Waals surface area contributed by atoms with Crippen molar-refractivity contribution >= 4 is 17.2 Å². The second-order valence-electron chi connectivity index (χ2n) is 5.59. The second-order valence-corrected chi connectivity index (χ2v) is 6.87. The number of benzene rings is 1. The number of amides is 1. The number of hydrogen-bond acceptors (Lipinski definition) is 4. The van der Waals surface area contributed by atoms with Crippen molar-refractivity contribution in [1.29, 1.82) is 0 Å². The van der Waals surface area contributed by atoms with Crippen molar-refractivity contribution in [3.63, 3.8) is 0 Å². The van der Waals surface area contributed by atoms with Gasteiger partial charge >= 0.3 is 0 Å². The highest BCUT2D eigenvalue weighted by molar-refractivity contribution is 7.11. The molecule has 1 aromatic heterocycles. The third kappa shape index (κ3) is 2.86. The predicted molar refractivity (Wildman–Crippen MR) is 87.4 cm³/mol. The van der Waals surface area contributed by atoms with E-state index in [0.29, 0.717) is 6.42 Å². The lowest BCUT2D eigenvalue weighted by Crippen LogP contribution is -2.45. The fourth-order valence-corrected chi connectivity index (χ4v) is 3.79. The molecule has 1 amide bonds. The molecule has 1 aromatic carbocycles. The molecule has 1 fully saturated rings. The summed E-state index contributed by atoms with van der Waals surface area (Å²) in [5, 5.41) is 1.02. The molecule has 0 aliphatic carbocycles. The lowest BCUT2D eigenvalue weighted by molar-refractivity contribution is -0.138. The van der Waals surface area contributed by atoms with Crippen LogP contribution >= 0.6 is 11.3 Å². The molecule has 22 heavy (non-hydrogen) atoms. The summed E-state index contributed by atoms with van der Waals surface area (Å²) in [5.74, 6) is 1.02. The molecule has 1 aliphatic heterocycles. The Bertz CT molecular complexity index is 696. The number of rotatable bonds is 4. The third-order valence-corrected chi connectivity index (χ3v) is 5.20. The molecular formula is C17H20N2O2S. The van der Waals surface area contributed by atoms with Crippen LogP contribution < -0.4 is 4.74 Å². The highest BCUT2D eigenvalue weighted by Gasteiger charge is 2.33. The smallest absolute Gasteiger partial charge is 0.228 e. The number of ether oxygens (including phenoxy) is 1. The van der Waals surface area contributed by atoms with Gasteiger partial charge in [0.05, 0.1) is 30.3 Å². The Morgan fingerprint density at radius 3 is 2.86 bits per heavy atom. The first-order chi connectivity index (χ1) is 10.6. The molecule has 1 aliphatic rings. The molecular weight excluding hydrogens is 296 g/mol. The van der Waals surface area contributed by atoms with Gasteiger partial charge in [-0.15, -0.1) is 11.3 Å². The van der Waals surface area contributed by atoms with Gasteiger partial charge in [0.25, 0.3) is 0 Å². The molecule has 2 aromatic rings. The van der Waals surface area contributed by atoms with Crippen molar-refractivity contribution < 1.29 is 9.53 Å². The normalized spacial score (nSPS) is 17.2. The lowest BCUT2D eigenvalue weighted by Gasteiger charge is -2.41. The summed E-state index contributed by atoms with van der Waals surface area (Å²) in [6, 6.07) is 8.17. The molecule has 0 unspecified atom stereocenters. The summed E-state index contributed by atoms with van der Waals surface area (Å²) < 4.78 is 5.27. The maximum atomic E-state index is 12.6. The van der Waals surface area contributed by atoms with Gasteiger partial charge in [0.15, 0.2) is 0 Å². The van der Waals surface area contributed by atoms with Crippen LogP contribution in [0.15, 0.2) is 24.3 Å². The Morgan fingerprint density at radius 2 is 2.27 bits per heavy atom. The molecule has 0 spiro atoms. The third-order valence-electron chi connectivity index (χ3n) is 4.13. The van der Waals surface area contributed by atoms with Crippen LogP contribution in [0.5, 0.6) is 5.75 Å². The van der Waals surface area contributed by atoms with Gasteiger partial charge in [0.1, 0.15) is 5.75 Å². The molecule has 1 atom stereocenters. The first-order valence-electron chi connectivity index (χ1n) is 7.45. The minimum atomic E-state index is 0.178. The van der Waals surface area contributed by atoms with E-state index in [-0.39, 0.29) is 11.9 Å². The van der Waals surface area contributed by atoms with Crippen molar-refractivity contribution in [3.05, 3.63) is 45.4 Å². The zero-order chi connectivity index (χ0) is 15.7. The average molecular weight is 316 g/mol. The van der Waals surface area contributed by atoms with Gasteiger partial charge in [-0.05, 0) is 38.0 Å². The number of methoxy groups -OCH3 is 1. The molecule has 116 valence electrons. The fourth-order valence-electron chi connectivity index (χ4n) is 2.86. The van der Waals surface area contributed by atoms with Gasteiger partial charge in [-0.2, -0.15) is 0 Å². The van der Waals surface area contributed by atoms with Crippen LogP contribution in [0.2, 0.25) is 0 Å². The van der Waals surface area contributed by atoms with E-state index in [9.17, 15) is 4.79 Å². The van der Waals surface area contributed by atoms with Gasteiger partial charge in [-0.25, -0.2) is 4.98 Å². The highest BCUT2D eigenvalue weighted by atomic mass is 32.1. The minimum absolute atomic E-state index is 0.178. The zero-order valence-corrected chi connectivity index (χ0v) is 13.9. The van der Waals surface area contributed by atoms with Crippen LogP contribution in [0.3, 0.4) is 0 Å². The van der Waals surface area contributed by atoms with Crippen LogP contribution in [0.1, 0.15) is 33.6 Å². The molecule has 4 nitrogen and oxygen atoms in total. The number of likely N-dealkylation sites (tertiary alicyclic amines) is 1. The molecule has 2 heterocycles. The number of carbonyl (C=O) groups is 1. The maximum Gasteiger partial charge on any atom is 0.228 e. The number of carbonyl (C=O) groups excluding carboxylic acids is 1. The van der Waals surface area contributed by atoms with Crippen LogP contribution in [-0.2, 0) is 11.2 Å². The van der Waals surface area contributed by atoms with E-state index in [1.165, 1.54) is 0 Å². The molecule has 5 heteroatoms. The van der Waals surface area contributed by atoms with Gasteiger partial charge in [-0.3, -0.25) is 4.79 Å². The average Bonchev–Trinajstić information content (AvgIpc) is 2.75. The number of aryl methyl sites for hydroxylation is 2. The van der Waals surface area contributed by atoms with Crippen molar-refractivity contribution in [2.75, 3.05) is 13.7 Å². The summed E-state index contributed by atoms with van der Waals surface area (Å²) >= 11 is 1.62. The minimum Gasteiger partial charge on any atom is -0.497 e. The van der Waals surface area contributed by atoms with Crippen molar-refractivity contribution in [1.82, 2.24) is 9.88 Å². The van der Waals surface area contributed by atoms with Crippen molar-refractivity contribution in [3.8, 4) is 5.75 Å². The summed E-state index contributed by atoms with van der Waals surface area (Å²) in [6.07, 6.45) is 1.47. The van der Waals surface area contributed by atoms with Gasteiger partial charge in [0.2, 0.25) is 5.91 Å². The number of hydrogen-bond donors (Lipinski definition) is 0. The second kappa shape index (κ2) is 6.08. The topological polar surface area (TPSA) is 42.4 Å². The largest absolute Gasteiger partial charge is 0.497 e. The molecule has 0 radical (unpaired) electrons. The van der Waals surface area contributed by atoms with Crippen LogP contribution in [-0.4, -0.2) is 29.4 Å². The highest BCUT2D eigenvalue weighted by Crippen LogP contribution is 2.35. The Labute approximate surface area is 134 Å². The Balaban J connectivity index is 1.72. The molecule has 0 bridgehead atoms. The number of nitrogens with zero attached hydrogens (tertiary/aromatic N) is 2.